The van der Waals surface area contributed by atoms with E-state index >= 15 is 0 Å². The molecule has 110 valence electrons. The highest BCUT2D eigenvalue weighted by atomic mass is 16.5. The summed E-state index contributed by atoms with van der Waals surface area (Å²) >= 11 is 0. The molecule has 0 spiro atoms. The Kier molecular flexibility index (Phi) is 7.32. The van der Waals surface area contributed by atoms with Crippen LogP contribution in [-0.4, -0.2) is 16.9 Å². The second kappa shape index (κ2) is 9.07. The topological polar surface area (TPSA) is 65.5 Å². The molecule has 5 heteroatoms. The average Bonchev–Trinajstić information content (AvgIpc) is 2.43. The van der Waals surface area contributed by atoms with Crippen LogP contribution in [0.3, 0.4) is 0 Å². The Balaban J connectivity index is 2.52. The van der Waals surface area contributed by atoms with Gasteiger partial charge >= 0.3 is 11.9 Å². The minimum atomic E-state index is -0.325. The van der Waals surface area contributed by atoms with E-state index < -0.39 is 0 Å². The number of pyridine rings is 1. The van der Waals surface area contributed by atoms with E-state index in [1.165, 1.54) is 12.3 Å². The van der Waals surface area contributed by atoms with Crippen molar-refractivity contribution in [2.24, 2.45) is 0 Å². The number of rotatable bonds is 8. The van der Waals surface area contributed by atoms with Gasteiger partial charge in [0.1, 0.15) is 5.75 Å². The SMILES string of the molecule is CCCCC(=O)Oc1ccnc(OC(=O)CCCC)c1. The highest BCUT2D eigenvalue weighted by Crippen LogP contribution is 2.18. The van der Waals surface area contributed by atoms with E-state index in [9.17, 15) is 9.59 Å². The Labute approximate surface area is 119 Å². The summed E-state index contributed by atoms with van der Waals surface area (Å²) in [5.74, 6) is -0.110. The second-order valence-electron chi connectivity index (χ2n) is 4.49. The molecular weight excluding hydrogens is 258 g/mol. The summed E-state index contributed by atoms with van der Waals surface area (Å²) in [6, 6.07) is 3.01. The lowest BCUT2D eigenvalue weighted by Crippen LogP contribution is -2.10. The molecule has 0 atom stereocenters. The molecule has 0 aliphatic carbocycles. The lowest BCUT2D eigenvalue weighted by atomic mass is 10.2. The van der Waals surface area contributed by atoms with Gasteiger partial charge in [-0.2, -0.15) is 0 Å². The molecule has 0 saturated heterocycles. The Hall–Kier alpha value is -1.91. The molecule has 0 amide bonds. The van der Waals surface area contributed by atoms with Crippen molar-refractivity contribution in [3.05, 3.63) is 18.3 Å². The van der Waals surface area contributed by atoms with Crippen LogP contribution >= 0.6 is 0 Å². The maximum atomic E-state index is 11.5. The molecule has 0 N–H and O–H groups in total. The summed E-state index contributed by atoms with van der Waals surface area (Å²) in [6.07, 6.45) is 5.63. The minimum Gasteiger partial charge on any atom is -0.426 e. The number of hydrogen-bond acceptors (Lipinski definition) is 5. The Morgan fingerprint density at radius 2 is 1.65 bits per heavy atom. The molecule has 1 aromatic heterocycles. The van der Waals surface area contributed by atoms with Crippen LogP contribution in [0.2, 0.25) is 0 Å². The van der Waals surface area contributed by atoms with Crippen molar-refractivity contribution in [1.29, 1.82) is 0 Å². The fourth-order valence-electron chi connectivity index (χ4n) is 1.50. The molecule has 1 rings (SSSR count). The van der Waals surface area contributed by atoms with Gasteiger partial charge in [0.05, 0.1) is 0 Å². The van der Waals surface area contributed by atoms with Crippen molar-refractivity contribution in [2.75, 3.05) is 0 Å². The molecule has 0 unspecified atom stereocenters. The highest BCUT2D eigenvalue weighted by molar-refractivity contribution is 5.73. The zero-order valence-corrected chi connectivity index (χ0v) is 12.1. The summed E-state index contributed by atoms with van der Waals surface area (Å²) in [5.41, 5.74) is 0. The Morgan fingerprint density at radius 3 is 2.25 bits per heavy atom. The molecular formula is C15H21NO4. The number of unbranched alkanes of at least 4 members (excludes halogenated alkanes) is 2. The second-order valence-corrected chi connectivity index (χ2v) is 4.49. The molecule has 0 radical (unpaired) electrons. The number of ether oxygens (including phenoxy) is 2. The van der Waals surface area contributed by atoms with Gasteiger partial charge in [0.25, 0.3) is 0 Å². The van der Waals surface area contributed by atoms with E-state index in [2.05, 4.69) is 4.98 Å². The van der Waals surface area contributed by atoms with Gasteiger partial charge in [-0.15, -0.1) is 0 Å². The van der Waals surface area contributed by atoms with Gasteiger partial charge in [0, 0.05) is 25.1 Å². The van der Waals surface area contributed by atoms with Gasteiger partial charge in [0.15, 0.2) is 0 Å². The van der Waals surface area contributed by atoms with Crippen molar-refractivity contribution in [3.8, 4) is 11.6 Å². The van der Waals surface area contributed by atoms with Gasteiger partial charge in [-0.1, -0.05) is 26.7 Å². The van der Waals surface area contributed by atoms with E-state index in [-0.39, 0.29) is 17.8 Å². The molecule has 0 aliphatic heterocycles. The summed E-state index contributed by atoms with van der Waals surface area (Å²) in [7, 11) is 0. The third kappa shape index (κ3) is 6.31. The number of nitrogens with zero attached hydrogens (tertiary/aromatic N) is 1. The van der Waals surface area contributed by atoms with Gasteiger partial charge in [0.2, 0.25) is 5.88 Å². The van der Waals surface area contributed by atoms with Crippen LogP contribution in [0.15, 0.2) is 18.3 Å². The first kappa shape index (κ1) is 16.1. The van der Waals surface area contributed by atoms with Gasteiger partial charge in [-0.05, 0) is 18.9 Å². The van der Waals surface area contributed by atoms with Gasteiger partial charge < -0.3 is 9.47 Å². The molecule has 0 aliphatic rings. The summed E-state index contributed by atoms with van der Waals surface area (Å²) < 4.78 is 10.2. The molecule has 20 heavy (non-hydrogen) atoms. The molecule has 1 aromatic rings. The van der Waals surface area contributed by atoms with Crippen molar-refractivity contribution in [2.45, 2.75) is 52.4 Å². The third-order valence-corrected chi connectivity index (χ3v) is 2.63. The number of hydrogen-bond donors (Lipinski definition) is 0. The fraction of sp³-hybridized carbons (Fsp3) is 0.533. The third-order valence-electron chi connectivity index (χ3n) is 2.63. The van der Waals surface area contributed by atoms with Crippen molar-refractivity contribution in [1.82, 2.24) is 4.98 Å². The lowest BCUT2D eigenvalue weighted by molar-refractivity contribution is -0.135. The fourth-order valence-corrected chi connectivity index (χ4v) is 1.50. The minimum absolute atomic E-state index is 0.159. The number of carbonyl (C=O) groups excluding carboxylic acids is 2. The number of carbonyl (C=O) groups is 2. The van der Waals surface area contributed by atoms with E-state index in [4.69, 9.17) is 9.47 Å². The van der Waals surface area contributed by atoms with Crippen LogP contribution in [0.1, 0.15) is 52.4 Å². The average molecular weight is 279 g/mol. The van der Waals surface area contributed by atoms with Gasteiger partial charge in [-0.25, -0.2) is 4.98 Å². The predicted octanol–water partition coefficient (Wildman–Crippen LogP) is 3.27. The summed E-state index contributed by atoms with van der Waals surface area (Å²) in [4.78, 5) is 26.9. The van der Waals surface area contributed by atoms with Crippen molar-refractivity contribution < 1.29 is 19.1 Å². The number of aromatic nitrogens is 1. The first-order valence-electron chi connectivity index (χ1n) is 7.03. The zero-order chi connectivity index (χ0) is 14.8. The van der Waals surface area contributed by atoms with E-state index in [1.807, 2.05) is 13.8 Å². The van der Waals surface area contributed by atoms with Crippen LogP contribution in [0.25, 0.3) is 0 Å². The summed E-state index contributed by atoms with van der Waals surface area (Å²) in [6.45, 7) is 4.01. The predicted molar refractivity (Wildman–Crippen MR) is 74.6 cm³/mol. The Morgan fingerprint density at radius 1 is 1.05 bits per heavy atom. The number of esters is 2. The van der Waals surface area contributed by atoms with Crippen LogP contribution in [-0.2, 0) is 9.59 Å². The van der Waals surface area contributed by atoms with Crippen LogP contribution in [0.5, 0.6) is 11.6 Å². The molecule has 0 bridgehead atoms. The van der Waals surface area contributed by atoms with Gasteiger partial charge in [-0.3, -0.25) is 9.59 Å². The highest BCUT2D eigenvalue weighted by Gasteiger charge is 2.09. The zero-order valence-electron chi connectivity index (χ0n) is 12.1. The van der Waals surface area contributed by atoms with E-state index in [0.29, 0.717) is 18.6 Å². The largest absolute Gasteiger partial charge is 0.426 e. The van der Waals surface area contributed by atoms with E-state index in [0.717, 1.165) is 25.7 Å². The normalized spacial score (nSPS) is 10.1. The standard InChI is InChI=1S/C15H21NO4/c1-3-5-7-14(17)19-12-9-10-16-13(11-12)20-15(18)8-6-4-2/h9-11H,3-8H2,1-2H3. The summed E-state index contributed by atoms with van der Waals surface area (Å²) in [5, 5.41) is 0. The van der Waals surface area contributed by atoms with Crippen LogP contribution in [0.4, 0.5) is 0 Å². The monoisotopic (exact) mass is 279 g/mol. The molecule has 0 aromatic carbocycles. The smallest absolute Gasteiger partial charge is 0.312 e. The van der Waals surface area contributed by atoms with Crippen LogP contribution in [0, 0.1) is 0 Å². The molecule has 5 nitrogen and oxygen atoms in total. The lowest BCUT2D eigenvalue weighted by Gasteiger charge is -2.06. The first-order chi connectivity index (χ1) is 9.65. The maximum absolute atomic E-state index is 11.5. The van der Waals surface area contributed by atoms with Crippen LogP contribution < -0.4 is 9.47 Å². The molecule has 1 heterocycles. The van der Waals surface area contributed by atoms with Crippen molar-refractivity contribution >= 4 is 11.9 Å². The first-order valence-corrected chi connectivity index (χ1v) is 7.03. The van der Waals surface area contributed by atoms with Crippen molar-refractivity contribution in [3.63, 3.8) is 0 Å². The van der Waals surface area contributed by atoms with E-state index in [1.54, 1.807) is 6.07 Å². The molecule has 0 saturated carbocycles. The molecule has 0 fully saturated rings. The Bertz CT molecular complexity index is 408. The quantitative estimate of drug-likeness (QED) is 0.683. The maximum Gasteiger partial charge on any atom is 0.312 e.